The molecule has 0 radical (unpaired) electrons. The van der Waals surface area contributed by atoms with Crippen molar-refractivity contribution in [1.82, 2.24) is 5.32 Å². The number of carbonyl (C=O) groups is 2. The molecule has 1 fully saturated rings. The van der Waals surface area contributed by atoms with E-state index in [1.54, 1.807) is 18.2 Å². The molecule has 6 nitrogen and oxygen atoms in total. The van der Waals surface area contributed by atoms with E-state index in [4.69, 9.17) is 21.4 Å². The number of halogens is 2. The van der Waals surface area contributed by atoms with E-state index in [-0.39, 0.29) is 22.2 Å². The summed E-state index contributed by atoms with van der Waals surface area (Å²) in [4.78, 5) is 23.5. The molecule has 0 bridgehead atoms. The molecule has 0 spiro atoms. The van der Waals surface area contributed by atoms with Gasteiger partial charge in [0, 0.05) is 5.69 Å². The van der Waals surface area contributed by atoms with Gasteiger partial charge in [-0.05, 0) is 63.8 Å². The van der Waals surface area contributed by atoms with Gasteiger partial charge in [0.1, 0.15) is 0 Å². The fraction of sp³-hybridized carbons (Fsp3) is 0.200. The quantitative estimate of drug-likeness (QED) is 0.480. The minimum absolute atomic E-state index is 0.184. The molecule has 2 aromatic rings. The highest BCUT2D eigenvalue weighted by Gasteiger charge is 2.27. The van der Waals surface area contributed by atoms with Gasteiger partial charge in [0.25, 0.3) is 5.91 Å². The van der Waals surface area contributed by atoms with Crippen molar-refractivity contribution in [1.29, 1.82) is 0 Å². The number of ether oxygens (including phenoxy) is 1. The summed E-state index contributed by atoms with van der Waals surface area (Å²) in [6.07, 6.45) is 2.69. The summed E-state index contributed by atoms with van der Waals surface area (Å²) < 4.78 is 5.69. The molecule has 0 unspecified atom stereocenters. The van der Waals surface area contributed by atoms with Crippen LogP contribution >= 0.6 is 39.3 Å². The smallest absolute Gasteiger partial charge is 0.341 e. The van der Waals surface area contributed by atoms with Gasteiger partial charge in [-0.2, -0.15) is 0 Å². The lowest BCUT2D eigenvalue weighted by Crippen LogP contribution is -2.30. The normalized spacial score (nSPS) is 17.3. The Morgan fingerprint density at radius 3 is 2.72 bits per heavy atom. The van der Waals surface area contributed by atoms with Crippen LogP contribution in [0.5, 0.6) is 5.75 Å². The van der Waals surface area contributed by atoms with Gasteiger partial charge in [-0.25, -0.2) is 4.79 Å². The second-order valence-corrected chi connectivity index (χ2v) is 8.58. The van der Waals surface area contributed by atoms with Crippen molar-refractivity contribution in [3.63, 3.8) is 0 Å². The largest absolute Gasteiger partial charge is 0.479 e. The predicted octanol–water partition coefficient (Wildman–Crippen LogP) is 4.73. The Kier molecular flexibility index (Phi) is 7.10. The van der Waals surface area contributed by atoms with Crippen LogP contribution in [0, 0.1) is 0 Å². The highest BCUT2D eigenvalue weighted by molar-refractivity contribution is 9.10. The van der Waals surface area contributed by atoms with Crippen LogP contribution in [0.3, 0.4) is 0 Å². The van der Waals surface area contributed by atoms with Crippen molar-refractivity contribution in [3.8, 4) is 5.75 Å². The van der Waals surface area contributed by atoms with Gasteiger partial charge in [0.15, 0.2) is 17.9 Å². The maximum absolute atomic E-state index is 12.3. The number of hydrogen-bond donors (Lipinski definition) is 3. The Morgan fingerprint density at radius 1 is 1.38 bits per heavy atom. The van der Waals surface area contributed by atoms with E-state index in [0.717, 1.165) is 12.1 Å². The van der Waals surface area contributed by atoms with Gasteiger partial charge < -0.3 is 20.5 Å². The zero-order valence-electron chi connectivity index (χ0n) is 15.4. The predicted molar refractivity (Wildman–Crippen MR) is 119 cm³/mol. The molecule has 29 heavy (non-hydrogen) atoms. The number of carboxylic acids is 1. The highest BCUT2D eigenvalue weighted by Crippen LogP contribution is 2.37. The Morgan fingerprint density at radius 2 is 2.10 bits per heavy atom. The monoisotopic (exact) mass is 496 g/mol. The molecule has 1 saturated heterocycles. The topological polar surface area (TPSA) is 87.7 Å². The summed E-state index contributed by atoms with van der Waals surface area (Å²) in [5.74, 6) is -1.04. The minimum Gasteiger partial charge on any atom is -0.479 e. The maximum Gasteiger partial charge on any atom is 0.341 e. The van der Waals surface area contributed by atoms with Gasteiger partial charge in [0.05, 0.1) is 14.4 Å². The van der Waals surface area contributed by atoms with E-state index in [1.807, 2.05) is 24.3 Å². The van der Waals surface area contributed by atoms with E-state index in [1.165, 1.54) is 17.3 Å². The third-order valence-corrected chi connectivity index (χ3v) is 5.95. The second kappa shape index (κ2) is 9.56. The highest BCUT2D eigenvalue weighted by atomic mass is 79.9. The molecular formula is C20H18BrClN2O4S. The Labute approximate surface area is 185 Å². The zero-order chi connectivity index (χ0) is 21.0. The summed E-state index contributed by atoms with van der Waals surface area (Å²) in [7, 11) is 0. The SMILES string of the molecule is CCc1ccc(N[C@H]2NC(=O)/C(=C/c3cc(Cl)c(OCC(=O)O)c(Br)c3)S2)cc1. The maximum atomic E-state index is 12.3. The second-order valence-electron chi connectivity index (χ2n) is 6.17. The van der Waals surface area contributed by atoms with E-state index in [0.29, 0.717) is 14.9 Å². The number of anilines is 1. The Hall–Kier alpha value is -2.16. The van der Waals surface area contributed by atoms with Crippen LogP contribution in [0.1, 0.15) is 18.1 Å². The molecular weight excluding hydrogens is 480 g/mol. The average Bonchev–Trinajstić information content (AvgIpc) is 3.00. The molecule has 3 rings (SSSR count). The summed E-state index contributed by atoms with van der Waals surface area (Å²) in [5.41, 5.74) is 2.58. The average molecular weight is 498 g/mol. The van der Waals surface area contributed by atoms with Gasteiger partial charge >= 0.3 is 5.97 Å². The molecule has 0 aromatic heterocycles. The van der Waals surface area contributed by atoms with Crippen LogP contribution in [0.15, 0.2) is 45.8 Å². The van der Waals surface area contributed by atoms with Crippen LogP contribution < -0.4 is 15.4 Å². The van der Waals surface area contributed by atoms with Crippen LogP contribution in [0.25, 0.3) is 6.08 Å². The van der Waals surface area contributed by atoms with Crippen LogP contribution in [-0.4, -0.2) is 29.1 Å². The number of carboxylic acid groups (broad SMARTS) is 1. The number of nitrogens with one attached hydrogen (secondary N) is 2. The van der Waals surface area contributed by atoms with Gasteiger partial charge in [-0.3, -0.25) is 4.79 Å². The number of amides is 1. The van der Waals surface area contributed by atoms with Crippen molar-refractivity contribution in [2.45, 2.75) is 18.8 Å². The van der Waals surface area contributed by atoms with E-state index < -0.39 is 12.6 Å². The summed E-state index contributed by atoms with van der Waals surface area (Å²) >= 11 is 10.9. The number of aliphatic carboxylic acids is 1. The molecule has 1 aliphatic heterocycles. The summed E-state index contributed by atoms with van der Waals surface area (Å²) in [6, 6.07) is 11.4. The Balaban J connectivity index is 1.71. The van der Waals surface area contributed by atoms with Crippen molar-refractivity contribution in [3.05, 3.63) is 61.9 Å². The number of carbonyl (C=O) groups excluding carboxylic acids is 1. The standard InChI is InChI=1S/C20H18BrClN2O4S/c1-2-11-3-5-13(6-4-11)23-20-24-19(27)16(29-20)9-12-7-14(21)18(15(22)8-12)28-10-17(25)26/h3-9,20,23H,2,10H2,1H3,(H,24,27)(H,25,26)/b16-9-/t20-/m0/s1. The molecule has 1 aliphatic rings. The fourth-order valence-electron chi connectivity index (χ4n) is 2.64. The molecule has 0 aliphatic carbocycles. The zero-order valence-corrected chi connectivity index (χ0v) is 18.5. The lowest BCUT2D eigenvalue weighted by molar-refractivity contribution is -0.139. The lowest BCUT2D eigenvalue weighted by Gasteiger charge is -2.13. The number of hydrogen-bond acceptors (Lipinski definition) is 5. The number of benzene rings is 2. The summed E-state index contributed by atoms with van der Waals surface area (Å²) in [6.45, 7) is 1.60. The van der Waals surface area contributed by atoms with Crippen LogP contribution in [-0.2, 0) is 16.0 Å². The number of thioether (sulfide) groups is 1. The molecule has 1 heterocycles. The van der Waals surface area contributed by atoms with Crippen molar-refractivity contribution in [2.75, 3.05) is 11.9 Å². The van der Waals surface area contributed by atoms with Gasteiger partial charge in [-0.15, -0.1) is 0 Å². The van der Waals surface area contributed by atoms with E-state index >= 15 is 0 Å². The molecule has 1 atom stereocenters. The van der Waals surface area contributed by atoms with Crippen molar-refractivity contribution in [2.24, 2.45) is 0 Å². The lowest BCUT2D eigenvalue weighted by atomic mass is 10.1. The Bertz CT molecular complexity index is 942. The molecule has 3 N–H and O–H groups in total. The van der Waals surface area contributed by atoms with Crippen molar-refractivity contribution >= 4 is 62.9 Å². The molecule has 2 aromatic carbocycles. The first-order valence-electron chi connectivity index (χ1n) is 8.74. The van der Waals surface area contributed by atoms with E-state index in [9.17, 15) is 9.59 Å². The van der Waals surface area contributed by atoms with Crippen LogP contribution in [0.4, 0.5) is 5.69 Å². The van der Waals surface area contributed by atoms with Gasteiger partial charge in [-0.1, -0.05) is 42.4 Å². The number of aryl methyl sites for hydroxylation is 1. The molecule has 0 saturated carbocycles. The van der Waals surface area contributed by atoms with Crippen molar-refractivity contribution < 1.29 is 19.4 Å². The first-order valence-corrected chi connectivity index (χ1v) is 10.8. The molecule has 1 amide bonds. The first kappa shape index (κ1) is 21.5. The fourth-order valence-corrected chi connectivity index (χ4v) is 4.61. The molecule has 9 heteroatoms. The minimum atomic E-state index is -1.10. The third kappa shape index (κ3) is 5.68. The van der Waals surface area contributed by atoms with Crippen LogP contribution in [0.2, 0.25) is 5.02 Å². The molecule has 152 valence electrons. The van der Waals surface area contributed by atoms with Gasteiger partial charge in [0.2, 0.25) is 0 Å². The van der Waals surface area contributed by atoms with E-state index in [2.05, 4.69) is 33.5 Å². The summed E-state index contributed by atoms with van der Waals surface area (Å²) in [5, 5.41) is 15.2. The number of rotatable bonds is 7. The third-order valence-electron chi connectivity index (χ3n) is 4.05. The first-order chi connectivity index (χ1) is 13.9.